The molecule has 3 rings (SSSR count). The molecular weight excluding hydrogens is 302 g/mol. The zero-order valence-corrected chi connectivity index (χ0v) is 13.5. The average Bonchev–Trinajstić information content (AvgIpc) is 3.12. The van der Waals surface area contributed by atoms with Gasteiger partial charge in [-0.25, -0.2) is 0 Å². The third-order valence-corrected chi connectivity index (χ3v) is 5.32. The molecule has 0 bridgehead atoms. The first-order valence-electron chi connectivity index (χ1n) is 7.50. The smallest absolute Gasteiger partial charge is 0.246 e. The molecule has 1 spiro atoms. The highest BCUT2D eigenvalue weighted by molar-refractivity contribution is 7.08. The van der Waals surface area contributed by atoms with Crippen molar-refractivity contribution in [3.8, 4) is 0 Å². The minimum Gasteiger partial charge on any atom is -0.395 e. The number of rotatable bonds is 3. The molecule has 3 heterocycles. The standard InChI is InChI=1S/C15H21N3O3S/c1-12(20)18-8-14(21)17(13-2-7-22-9-13)11-15(18)3-4-16(10-15)5-6-19/h2,7,9,19H,3-6,8,10-11H2,1H3/t15-/m0/s1. The summed E-state index contributed by atoms with van der Waals surface area (Å²) >= 11 is 1.56. The highest BCUT2D eigenvalue weighted by Crippen LogP contribution is 2.34. The van der Waals surface area contributed by atoms with Crippen LogP contribution in [0.4, 0.5) is 5.69 Å². The van der Waals surface area contributed by atoms with Gasteiger partial charge < -0.3 is 14.9 Å². The maximum absolute atomic E-state index is 12.4. The number of hydrogen-bond donors (Lipinski definition) is 1. The summed E-state index contributed by atoms with van der Waals surface area (Å²) in [6.45, 7) is 4.48. The van der Waals surface area contributed by atoms with E-state index >= 15 is 0 Å². The first-order valence-corrected chi connectivity index (χ1v) is 8.44. The summed E-state index contributed by atoms with van der Waals surface area (Å²) in [5.41, 5.74) is 0.579. The van der Waals surface area contributed by atoms with Crippen molar-refractivity contribution in [2.75, 3.05) is 44.2 Å². The molecule has 120 valence electrons. The number of carbonyl (C=O) groups excluding carboxylic acids is 2. The number of nitrogens with zero attached hydrogens (tertiary/aromatic N) is 3. The van der Waals surface area contributed by atoms with Crippen LogP contribution < -0.4 is 4.90 Å². The number of β-amino-alcohol motifs (C(OH)–C–C–N with tert-alkyl or cyclic N) is 1. The Bertz CT molecular complexity index is 562. The normalized spacial score (nSPS) is 26.2. The van der Waals surface area contributed by atoms with Gasteiger partial charge in [0.1, 0.15) is 6.54 Å². The zero-order chi connectivity index (χ0) is 15.7. The van der Waals surface area contributed by atoms with Crippen LogP contribution in [0.15, 0.2) is 16.8 Å². The van der Waals surface area contributed by atoms with E-state index in [0.717, 1.165) is 18.7 Å². The van der Waals surface area contributed by atoms with Crippen molar-refractivity contribution in [2.45, 2.75) is 18.9 Å². The predicted molar refractivity (Wildman–Crippen MR) is 84.9 cm³/mol. The molecule has 0 aromatic carbocycles. The van der Waals surface area contributed by atoms with E-state index in [2.05, 4.69) is 4.90 Å². The third-order valence-electron chi connectivity index (χ3n) is 4.64. The Morgan fingerprint density at radius 3 is 2.91 bits per heavy atom. The molecule has 6 nitrogen and oxygen atoms in total. The summed E-state index contributed by atoms with van der Waals surface area (Å²) in [6, 6.07) is 1.94. The van der Waals surface area contributed by atoms with Crippen molar-refractivity contribution in [2.24, 2.45) is 0 Å². The first-order chi connectivity index (χ1) is 10.6. The van der Waals surface area contributed by atoms with Gasteiger partial charge in [-0.2, -0.15) is 11.3 Å². The second kappa shape index (κ2) is 5.98. The summed E-state index contributed by atoms with van der Waals surface area (Å²) in [4.78, 5) is 30.2. The summed E-state index contributed by atoms with van der Waals surface area (Å²) < 4.78 is 0. The van der Waals surface area contributed by atoms with E-state index in [1.807, 2.05) is 16.8 Å². The van der Waals surface area contributed by atoms with Gasteiger partial charge in [-0.05, 0) is 17.9 Å². The molecule has 0 unspecified atom stereocenters. The fourth-order valence-corrected chi connectivity index (χ4v) is 4.21. The van der Waals surface area contributed by atoms with E-state index in [0.29, 0.717) is 19.6 Å². The molecule has 1 aromatic rings. The van der Waals surface area contributed by atoms with Gasteiger partial charge in [-0.1, -0.05) is 0 Å². The van der Waals surface area contributed by atoms with Crippen LogP contribution in [-0.2, 0) is 9.59 Å². The Balaban J connectivity index is 1.87. The quantitative estimate of drug-likeness (QED) is 0.873. The second-order valence-corrected chi connectivity index (χ2v) is 6.82. The van der Waals surface area contributed by atoms with Crippen LogP contribution in [0, 0.1) is 0 Å². The van der Waals surface area contributed by atoms with Gasteiger partial charge in [0.25, 0.3) is 0 Å². The minimum atomic E-state index is -0.336. The third kappa shape index (κ3) is 2.64. The van der Waals surface area contributed by atoms with Crippen molar-refractivity contribution < 1.29 is 14.7 Å². The summed E-state index contributed by atoms with van der Waals surface area (Å²) in [5, 5.41) is 13.1. The van der Waals surface area contributed by atoms with E-state index in [4.69, 9.17) is 5.11 Å². The highest BCUT2D eigenvalue weighted by Gasteiger charge is 2.50. The fraction of sp³-hybridized carbons (Fsp3) is 0.600. The van der Waals surface area contributed by atoms with Gasteiger partial charge in [0.2, 0.25) is 11.8 Å². The van der Waals surface area contributed by atoms with Crippen molar-refractivity contribution >= 4 is 28.8 Å². The van der Waals surface area contributed by atoms with E-state index in [9.17, 15) is 9.59 Å². The Kier molecular flexibility index (Phi) is 4.20. The lowest BCUT2D eigenvalue weighted by Gasteiger charge is -2.48. The van der Waals surface area contributed by atoms with E-state index in [1.54, 1.807) is 21.1 Å². The predicted octanol–water partition coefficient (Wildman–Crippen LogP) is 0.380. The van der Waals surface area contributed by atoms with Crippen LogP contribution in [0.25, 0.3) is 0 Å². The van der Waals surface area contributed by atoms with Crippen LogP contribution in [0.3, 0.4) is 0 Å². The maximum atomic E-state index is 12.4. The van der Waals surface area contributed by atoms with Crippen LogP contribution in [-0.4, -0.2) is 71.6 Å². The van der Waals surface area contributed by atoms with Crippen molar-refractivity contribution in [3.63, 3.8) is 0 Å². The molecule has 2 fully saturated rings. The molecule has 2 amide bonds. The van der Waals surface area contributed by atoms with E-state index in [-0.39, 0.29) is 30.5 Å². The molecular formula is C15H21N3O3S. The van der Waals surface area contributed by atoms with Crippen molar-refractivity contribution in [1.29, 1.82) is 0 Å². The van der Waals surface area contributed by atoms with Gasteiger partial charge in [0, 0.05) is 31.9 Å². The Morgan fingerprint density at radius 2 is 2.27 bits per heavy atom. The monoisotopic (exact) mass is 323 g/mol. The van der Waals surface area contributed by atoms with Crippen LogP contribution in [0.1, 0.15) is 13.3 Å². The Hall–Kier alpha value is -1.44. The van der Waals surface area contributed by atoms with Gasteiger partial charge in [0.15, 0.2) is 0 Å². The number of hydrogen-bond acceptors (Lipinski definition) is 5. The molecule has 2 saturated heterocycles. The second-order valence-electron chi connectivity index (χ2n) is 6.04. The lowest BCUT2D eigenvalue weighted by Crippen LogP contribution is -2.66. The fourth-order valence-electron chi connectivity index (χ4n) is 3.57. The Labute approximate surface area is 133 Å². The number of aliphatic hydroxyl groups is 1. The molecule has 0 saturated carbocycles. The van der Waals surface area contributed by atoms with Crippen LogP contribution in [0.5, 0.6) is 0 Å². The molecule has 0 aliphatic carbocycles. The maximum Gasteiger partial charge on any atom is 0.246 e. The van der Waals surface area contributed by atoms with Crippen LogP contribution in [0.2, 0.25) is 0 Å². The molecule has 2 aliphatic heterocycles. The lowest BCUT2D eigenvalue weighted by molar-refractivity contribution is -0.142. The molecule has 0 radical (unpaired) electrons. The number of thiophene rings is 1. The van der Waals surface area contributed by atoms with Crippen molar-refractivity contribution in [3.05, 3.63) is 16.8 Å². The highest BCUT2D eigenvalue weighted by atomic mass is 32.1. The topological polar surface area (TPSA) is 64.1 Å². The molecule has 7 heteroatoms. The van der Waals surface area contributed by atoms with Crippen LogP contribution >= 0.6 is 11.3 Å². The first kappa shape index (κ1) is 15.5. The number of likely N-dealkylation sites (tertiary alicyclic amines) is 1. The minimum absolute atomic E-state index is 0.0279. The van der Waals surface area contributed by atoms with Gasteiger partial charge in [-0.15, -0.1) is 0 Å². The molecule has 1 atom stereocenters. The summed E-state index contributed by atoms with van der Waals surface area (Å²) in [7, 11) is 0. The largest absolute Gasteiger partial charge is 0.395 e. The van der Waals surface area contributed by atoms with E-state index < -0.39 is 0 Å². The Morgan fingerprint density at radius 1 is 1.45 bits per heavy atom. The molecule has 1 N–H and O–H groups in total. The number of anilines is 1. The van der Waals surface area contributed by atoms with E-state index in [1.165, 1.54) is 6.92 Å². The lowest BCUT2D eigenvalue weighted by atomic mass is 9.92. The molecule has 22 heavy (non-hydrogen) atoms. The number of carbonyl (C=O) groups is 2. The average molecular weight is 323 g/mol. The zero-order valence-electron chi connectivity index (χ0n) is 12.7. The molecule has 1 aromatic heterocycles. The SMILES string of the molecule is CC(=O)N1CC(=O)N(c2ccsc2)C[C@@]12CCN(CCO)C2. The molecule has 2 aliphatic rings. The summed E-state index contributed by atoms with van der Waals surface area (Å²) in [6.07, 6.45) is 0.834. The number of amides is 2. The van der Waals surface area contributed by atoms with Gasteiger partial charge in [0.05, 0.1) is 24.4 Å². The number of aliphatic hydroxyl groups excluding tert-OH is 1. The summed E-state index contributed by atoms with van der Waals surface area (Å²) in [5.74, 6) is -0.0796. The van der Waals surface area contributed by atoms with Crippen molar-refractivity contribution in [1.82, 2.24) is 9.80 Å². The van der Waals surface area contributed by atoms with Gasteiger partial charge in [-0.3, -0.25) is 14.5 Å². The van der Waals surface area contributed by atoms with Gasteiger partial charge >= 0.3 is 0 Å². The number of piperazine rings is 1.